The van der Waals surface area contributed by atoms with Crippen LogP contribution in [0.2, 0.25) is 0 Å². The van der Waals surface area contributed by atoms with E-state index >= 15 is 0 Å². The molecule has 0 aliphatic carbocycles. The lowest BCUT2D eigenvalue weighted by Crippen LogP contribution is -2.12. The van der Waals surface area contributed by atoms with Crippen LogP contribution in [-0.4, -0.2) is 11.4 Å². The van der Waals surface area contributed by atoms with Gasteiger partial charge in [0.2, 0.25) is 0 Å². The quantitative estimate of drug-likeness (QED) is 0.795. The van der Waals surface area contributed by atoms with Gasteiger partial charge in [0.15, 0.2) is 0 Å². The van der Waals surface area contributed by atoms with Crippen LogP contribution in [0.5, 0.6) is 5.75 Å². The van der Waals surface area contributed by atoms with Crippen molar-refractivity contribution in [2.45, 2.75) is 46.0 Å². The maximum atomic E-state index is 10.4. The van der Waals surface area contributed by atoms with Crippen molar-refractivity contribution < 1.29 is 9.90 Å². The van der Waals surface area contributed by atoms with Crippen molar-refractivity contribution in [3.8, 4) is 5.75 Å². The average Bonchev–Trinajstić information content (AvgIpc) is 2.17. The summed E-state index contributed by atoms with van der Waals surface area (Å²) in [6.07, 6.45) is 2.21. The fourth-order valence-electron chi connectivity index (χ4n) is 1.80. The molecule has 1 rings (SSSR count). The summed E-state index contributed by atoms with van der Waals surface area (Å²) in [5.41, 5.74) is 2.88. The number of rotatable bonds is 3. The van der Waals surface area contributed by atoms with E-state index in [4.69, 9.17) is 0 Å². The maximum Gasteiger partial charge on any atom is 0.122 e. The number of phenols is 1. The zero-order valence-corrected chi connectivity index (χ0v) is 10.5. The van der Waals surface area contributed by atoms with Crippen LogP contribution in [0.25, 0.3) is 0 Å². The van der Waals surface area contributed by atoms with Crippen molar-refractivity contribution in [2.24, 2.45) is 0 Å². The van der Waals surface area contributed by atoms with E-state index in [-0.39, 0.29) is 5.41 Å². The van der Waals surface area contributed by atoms with Gasteiger partial charge in [0.05, 0.1) is 0 Å². The van der Waals surface area contributed by atoms with E-state index in [1.165, 1.54) is 0 Å². The van der Waals surface area contributed by atoms with Crippen LogP contribution in [0.3, 0.4) is 0 Å². The van der Waals surface area contributed by atoms with Crippen molar-refractivity contribution in [3.05, 3.63) is 28.8 Å². The standard InChI is InChI=1S/C14H20O2/c1-10-8-11(6-5-7-15)9-12(13(10)16)14(2,3)4/h7-9,16H,5-6H2,1-4H3. The van der Waals surface area contributed by atoms with Gasteiger partial charge in [-0.2, -0.15) is 0 Å². The maximum absolute atomic E-state index is 10.4. The number of phenolic OH excluding ortho intramolecular Hbond substituents is 1. The van der Waals surface area contributed by atoms with Gasteiger partial charge in [-0.1, -0.05) is 32.9 Å². The van der Waals surface area contributed by atoms with Crippen LogP contribution in [0.4, 0.5) is 0 Å². The molecule has 1 N–H and O–H groups in total. The van der Waals surface area contributed by atoms with Crippen LogP contribution < -0.4 is 0 Å². The predicted octanol–water partition coefficient (Wildman–Crippen LogP) is 3.13. The van der Waals surface area contributed by atoms with E-state index in [1.807, 2.05) is 19.1 Å². The van der Waals surface area contributed by atoms with Crippen molar-refractivity contribution in [2.75, 3.05) is 0 Å². The van der Waals surface area contributed by atoms with E-state index in [0.717, 1.165) is 29.4 Å². The van der Waals surface area contributed by atoms with Crippen molar-refractivity contribution in [1.29, 1.82) is 0 Å². The van der Waals surface area contributed by atoms with Crippen LogP contribution in [-0.2, 0) is 16.6 Å². The SMILES string of the molecule is Cc1cc(CCC=O)cc(C(C)(C)C)c1O. The third-order valence-electron chi connectivity index (χ3n) is 2.72. The molecule has 88 valence electrons. The Morgan fingerprint density at radius 3 is 2.44 bits per heavy atom. The molecular formula is C14H20O2. The first-order valence-corrected chi connectivity index (χ1v) is 5.63. The van der Waals surface area contributed by atoms with Gasteiger partial charge < -0.3 is 9.90 Å². The Balaban J connectivity index is 3.17. The van der Waals surface area contributed by atoms with Gasteiger partial charge in [-0.25, -0.2) is 0 Å². The highest BCUT2D eigenvalue weighted by molar-refractivity contribution is 5.51. The second kappa shape index (κ2) is 4.69. The molecule has 0 fully saturated rings. The smallest absolute Gasteiger partial charge is 0.122 e. The third kappa shape index (κ3) is 2.84. The molecular weight excluding hydrogens is 200 g/mol. The van der Waals surface area contributed by atoms with E-state index in [1.54, 1.807) is 0 Å². The molecule has 0 heterocycles. The van der Waals surface area contributed by atoms with Gasteiger partial charge in [0.1, 0.15) is 12.0 Å². The lowest BCUT2D eigenvalue weighted by Gasteiger charge is -2.22. The minimum atomic E-state index is -0.0773. The Bertz CT molecular complexity index is 386. The first-order chi connectivity index (χ1) is 7.36. The molecule has 0 aromatic heterocycles. The van der Waals surface area contributed by atoms with E-state index < -0.39 is 0 Å². The summed E-state index contributed by atoms with van der Waals surface area (Å²) < 4.78 is 0. The topological polar surface area (TPSA) is 37.3 Å². The summed E-state index contributed by atoms with van der Waals surface area (Å²) in [7, 11) is 0. The van der Waals surface area contributed by atoms with Crippen molar-refractivity contribution >= 4 is 6.29 Å². The van der Waals surface area contributed by atoms with E-state index in [9.17, 15) is 9.90 Å². The molecule has 0 aliphatic heterocycles. The summed E-state index contributed by atoms with van der Waals surface area (Å²) in [5, 5.41) is 10.0. The minimum Gasteiger partial charge on any atom is -0.507 e. The molecule has 2 heteroatoms. The van der Waals surface area contributed by atoms with Crippen molar-refractivity contribution in [3.63, 3.8) is 0 Å². The average molecular weight is 220 g/mol. The number of aromatic hydroxyl groups is 1. The van der Waals surface area contributed by atoms with Crippen LogP contribution >= 0.6 is 0 Å². The third-order valence-corrected chi connectivity index (χ3v) is 2.72. The number of hydrogen-bond acceptors (Lipinski definition) is 2. The molecule has 1 aromatic carbocycles. The van der Waals surface area contributed by atoms with Gasteiger partial charge in [-0.05, 0) is 35.4 Å². The number of carbonyl (C=O) groups excluding carboxylic acids is 1. The summed E-state index contributed by atoms with van der Waals surface area (Å²) in [5.74, 6) is 0.377. The summed E-state index contributed by atoms with van der Waals surface area (Å²) >= 11 is 0. The van der Waals surface area contributed by atoms with Gasteiger partial charge in [0.25, 0.3) is 0 Å². The molecule has 0 spiro atoms. The molecule has 0 unspecified atom stereocenters. The number of benzene rings is 1. The van der Waals surface area contributed by atoms with Gasteiger partial charge in [-0.3, -0.25) is 0 Å². The normalized spacial score (nSPS) is 11.5. The van der Waals surface area contributed by atoms with Gasteiger partial charge in [-0.15, -0.1) is 0 Å². The highest BCUT2D eigenvalue weighted by atomic mass is 16.3. The van der Waals surface area contributed by atoms with Crippen LogP contribution in [0.15, 0.2) is 12.1 Å². The largest absolute Gasteiger partial charge is 0.507 e. The van der Waals surface area contributed by atoms with E-state index in [0.29, 0.717) is 12.2 Å². The molecule has 1 aromatic rings. The molecule has 0 bridgehead atoms. The molecule has 0 saturated heterocycles. The molecule has 0 saturated carbocycles. The molecule has 0 aliphatic rings. The predicted molar refractivity (Wildman–Crippen MR) is 65.9 cm³/mol. The number of hydrogen-bond donors (Lipinski definition) is 1. The number of aryl methyl sites for hydroxylation is 2. The number of aldehydes is 1. The summed E-state index contributed by atoms with van der Waals surface area (Å²) in [6.45, 7) is 8.12. The summed E-state index contributed by atoms with van der Waals surface area (Å²) in [6, 6.07) is 3.96. The van der Waals surface area contributed by atoms with Gasteiger partial charge >= 0.3 is 0 Å². The zero-order chi connectivity index (χ0) is 12.3. The Morgan fingerprint density at radius 2 is 1.94 bits per heavy atom. The second-order valence-corrected chi connectivity index (χ2v) is 5.26. The molecule has 0 amide bonds. The highest BCUT2D eigenvalue weighted by Gasteiger charge is 2.19. The molecule has 2 nitrogen and oxygen atoms in total. The Labute approximate surface area is 97.3 Å². The molecule has 0 radical (unpaired) electrons. The zero-order valence-electron chi connectivity index (χ0n) is 10.5. The summed E-state index contributed by atoms with van der Waals surface area (Å²) in [4.78, 5) is 10.4. The van der Waals surface area contributed by atoms with Crippen molar-refractivity contribution in [1.82, 2.24) is 0 Å². The van der Waals surface area contributed by atoms with E-state index in [2.05, 4.69) is 20.8 Å². The second-order valence-electron chi connectivity index (χ2n) is 5.26. The molecule has 16 heavy (non-hydrogen) atoms. The first-order valence-electron chi connectivity index (χ1n) is 5.63. The lowest BCUT2D eigenvalue weighted by molar-refractivity contribution is -0.107. The minimum absolute atomic E-state index is 0.0773. The van der Waals surface area contributed by atoms with Gasteiger partial charge in [0, 0.05) is 6.42 Å². The van der Waals surface area contributed by atoms with Crippen LogP contribution in [0, 0.1) is 6.92 Å². The lowest BCUT2D eigenvalue weighted by atomic mass is 9.84. The fourth-order valence-corrected chi connectivity index (χ4v) is 1.80. The molecule has 0 atom stereocenters. The number of carbonyl (C=O) groups is 1. The Morgan fingerprint density at radius 1 is 1.31 bits per heavy atom. The first kappa shape index (κ1) is 12.8. The fraction of sp³-hybridized carbons (Fsp3) is 0.500. The Hall–Kier alpha value is -1.31. The highest BCUT2D eigenvalue weighted by Crippen LogP contribution is 2.34. The Kier molecular flexibility index (Phi) is 3.74. The van der Waals surface area contributed by atoms with Crippen LogP contribution in [0.1, 0.15) is 43.9 Å². The monoisotopic (exact) mass is 220 g/mol.